The van der Waals surface area contributed by atoms with E-state index in [1.54, 1.807) is 18.2 Å². The van der Waals surface area contributed by atoms with E-state index in [0.717, 1.165) is 15.6 Å². The van der Waals surface area contributed by atoms with Crippen LogP contribution in [-0.4, -0.2) is 5.11 Å². The molecule has 0 aliphatic carbocycles. The number of benzene rings is 2. The smallest absolute Gasteiger partial charge is 0.141 e. The second-order valence-electron chi connectivity index (χ2n) is 3.95. The van der Waals surface area contributed by atoms with Crippen molar-refractivity contribution in [2.75, 3.05) is 0 Å². The third-order valence-electron chi connectivity index (χ3n) is 2.50. The molecule has 0 saturated carbocycles. The Morgan fingerprint density at radius 1 is 1.17 bits per heavy atom. The van der Waals surface area contributed by atoms with Gasteiger partial charge < -0.3 is 9.84 Å². The number of aliphatic hydroxyl groups is 1. The molecule has 0 atom stereocenters. The Morgan fingerprint density at radius 2 is 1.89 bits per heavy atom. The molecule has 0 aliphatic rings. The summed E-state index contributed by atoms with van der Waals surface area (Å²) < 4.78 is 6.55. The van der Waals surface area contributed by atoms with Crippen molar-refractivity contribution in [2.24, 2.45) is 0 Å². The molecule has 0 fully saturated rings. The molecule has 0 aliphatic heterocycles. The van der Waals surface area contributed by atoms with Gasteiger partial charge in [0.25, 0.3) is 0 Å². The second kappa shape index (κ2) is 5.74. The first-order valence-corrected chi connectivity index (χ1v) is 6.60. The van der Waals surface area contributed by atoms with Crippen LogP contribution >= 0.6 is 27.5 Å². The summed E-state index contributed by atoms with van der Waals surface area (Å²) in [7, 11) is 0. The average Bonchev–Trinajstić information content (AvgIpc) is 2.34. The summed E-state index contributed by atoms with van der Waals surface area (Å²) in [6.45, 7) is 1.92. The van der Waals surface area contributed by atoms with E-state index in [4.69, 9.17) is 16.3 Å². The highest BCUT2D eigenvalue weighted by molar-refractivity contribution is 9.10. The Bertz CT molecular complexity index is 570. The quantitative estimate of drug-likeness (QED) is 0.885. The normalized spacial score (nSPS) is 10.4. The fraction of sp³-hybridized carbons (Fsp3) is 0.143. The number of aliphatic hydroxyl groups excluding tert-OH is 1. The lowest BCUT2D eigenvalue weighted by Crippen LogP contribution is -1.93. The van der Waals surface area contributed by atoms with Gasteiger partial charge in [0.2, 0.25) is 0 Å². The molecule has 2 aromatic rings. The van der Waals surface area contributed by atoms with Crippen LogP contribution in [-0.2, 0) is 6.61 Å². The molecular weight excluding hydrogens is 316 g/mol. The maximum atomic E-state index is 9.32. The highest BCUT2D eigenvalue weighted by Crippen LogP contribution is 2.33. The van der Waals surface area contributed by atoms with E-state index < -0.39 is 0 Å². The summed E-state index contributed by atoms with van der Waals surface area (Å²) in [5, 5.41) is 9.96. The second-order valence-corrected chi connectivity index (χ2v) is 5.24. The van der Waals surface area contributed by atoms with E-state index in [2.05, 4.69) is 15.9 Å². The maximum Gasteiger partial charge on any atom is 0.141 e. The van der Waals surface area contributed by atoms with Gasteiger partial charge in [-0.2, -0.15) is 0 Å². The lowest BCUT2D eigenvalue weighted by atomic mass is 10.1. The molecule has 1 N–H and O–H groups in total. The number of ether oxygens (including phenoxy) is 1. The van der Waals surface area contributed by atoms with Gasteiger partial charge in [0, 0.05) is 10.6 Å². The molecule has 18 heavy (non-hydrogen) atoms. The molecule has 0 aromatic heterocycles. The zero-order valence-corrected chi connectivity index (χ0v) is 12.1. The molecular formula is C14H12BrClO2. The summed E-state index contributed by atoms with van der Waals surface area (Å²) in [6, 6.07) is 11.0. The zero-order chi connectivity index (χ0) is 13.1. The average molecular weight is 328 g/mol. The van der Waals surface area contributed by atoms with Crippen LogP contribution in [0.1, 0.15) is 11.1 Å². The van der Waals surface area contributed by atoms with Gasteiger partial charge in [0.15, 0.2) is 0 Å². The van der Waals surface area contributed by atoms with Crippen molar-refractivity contribution < 1.29 is 9.84 Å². The van der Waals surface area contributed by atoms with E-state index in [1.165, 1.54) is 0 Å². The highest BCUT2D eigenvalue weighted by atomic mass is 79.9. The highest BCUT2D eigenvalue weighted by Gasteiger charge is 2.07. The van der Waals surface area contributed by atoms with E-state index in [1.807, 2.05) is 25.1 Å². The van der Waals surface area contributed by atoms with Gasteiger partial charge in [0.1, 0.15) is 11.5 Å². The molecule has 2 rings (SSSR count). The van der Waals surface area contributed by atoms with E-state index in [9.17, 15) is 5.11 Å². The summed E-state index contributed by atoms with van der Waals surface area (Å²) in [5.74, 6) is 1.31. The number of rotatable bonds is 3. The lowest BCUT2D eigenvalue weighted by Gasteiger charge is -2.12. The van der Waals surface area contributed by atoms with Crippen LogP contribution < -0.4 is 4.74 Å². The molecule has 94 valence electrons. The van der Waals surface area contributed by atoms with Crippen LogP contribution in [0.4, 0.5) is 0 Å². The minimum atomic E-state index is -0.0534. The SMILES string of the molecule is Cc1ccc(Oc2ccc(Cl)cc2Br)c(CO)c1. The Hall–Kier alpha value is -1.03. The largest absolute Gasteiger partial charge is 0.456 e. The van der Waals surface area contributed by atoms with Crippen molar-refractivity contribution >= 4 is 27.5 Å². The molecule has 2 aromatic carbocycles. The van der Waals surface area contributed by atoms with Crippen LogP contribution in [0.3, 0.4) is 0 Å². The van der Waals surface area contributed by atoms with Crippen molar-refractivity contribution in [1.82, 2.24) is 0 Å². The standard InChI is InChI=1S/C14H12BrClO2/c1-9-2-4-13(10(6-9)8-17)18-14-5-3-11(16)7-12(14)15/h2-7,17H,8H2,1H3. The van der Waals surface area contributed by atoms with Crippen LogP contribution in [0.15, 0.2) is 40.9 Å². The van der Waals surface area contributed by atoms with E-state index in [-0.39, 0.29) is 6.61 Å². The number of hydrogen-bond donors (Lipinski definition) is 1. The molecule has 0 bridgehead atoms. The fourth-order valence-corrected chi connectivity index (χ4v) is 2.37. The lowest BCUT2D eigenvalue weighted by molar-refractivity contribution is 0.276. The number of aryl methyl sites for hydroxylation is 1. The van der Waals surface area contributed by atoms with Gasteiger partial charge in [0.05, 0.1) is 11.1 Å². The van der Waals surface area contributed by atoms with Gasteiger partial charge in [-0.05, 0) is 47.1 Å². The topological polar surface area (TPSA) is 29.5 Å². The predicted molar refractivity (Wildman–Crippen MR) is 76.3 cm³/mol. The maximum absolute atomic E-state index is 9.32. The minimum Gasteiger partial charge on any atom is -0.456 e. The third kappa shape index (κ3) is 3.05. The summed E-state index contributed by atoms with van der Waals surface area (Å²) in [6.07, 6.45) is 0. The molecule has 0 radical (unpaired) electrons. The van der Waals surface area contributed by atoms with Gasteiger partial charge in [-0.25, -0.2) is 0 Å². The van der Waals surface area contributed by atoms with Gasteiger partial charge in [-0.1, -0.05) is 29.3 Å². The Morgan fingerprint density at radius 3 is 2.56 bits per heavy atom. The zero-order valence-electron chi connectivity index (χ0n) is 9.78. The summed E-state index contributed by atoms with van der Waals surface area (Å²) in [4.78, 5) is 0. The molecule has 0 unspecified atom stereocenters. The van der Waals surface area contributed by atoms with Gasteiger partial charge >= 0.3 is 0 Å². The number of halogens is 2. The molecule has 0 amide bonds. The molecule has 0 heterocycles. The van der Waals surface area contributed by atoms with Crippen molar-refractivity contribution in [3.63, 3.8) is 0 Å². The number of hydrogen-bond acceptors (Lipinski definition) is 2. The predicted octanol–water partition coefficient (Wildman–Crippen LogP) is 4.70. The van der Waals surface area contributed by atoms with Crippen LogP contribution in [0.25, 0.3) is 0 Å². The monoisotopic (exact) mass is 326 g/mol. The van der Waals surface area contributed by atoms with E-state index >= 15 is 0 Å². The van der Waals surface area contributed by atoms with Crippen LogP contribution in [0, 0.1) is 6.92 Å². The van der Waals surface area contributed by atoms with Crippen LogP contribution in [0.2, 0.25) is 5.02 Å². The Kier molecular flexibility index (Phi) is 4.27. The Labute approximate surface area is 119 Å². The van der Waals surface area contributed by atoms with Gasteiger partial charge in [-0.3, -0.25) is 0 Å². The fourth-order valence-electron chi connectivity index (χ4n) is 1.61. The first kappa shape index (κ1) is 13.4. The summed E-state index contributed by atoms with van der Waals surface area (Å²) >= 11 is 9.27. The van der Waals surface area contributed by atoms with Crippen molar-refractivity contribution in [1.29, 1.82) is 0 Å². The van der Waals surface area contributed by atoms with Crippen LogP contribution in [0.5, 0.6) is 11.5 Å². The molecule has 0 spiro atoms. The molecule has 0 saturated heterocycles. The first-order valence-electron chi connectivity index (χ1n) is 5.43. The minimum absolute atomic E-state index is 0.0534. The first-order chi connectivity index (χ1) is 8.60. The Balaban J connectivity index is 2.33. The van der Waals surface area contributed by atoms with Crippen molar-refractivity contribution in [2.45, 2.75) is 13.5 Å². The van der Waals surface area contributed by atoms with E-state index in [0.29, 0.717) is 16.5 Å². The van der Waals surface area contributed by atoms with Gasteiger partial charge in [-0.15, -0.1) is 0 Å². The van der Waals surface area contributed by atoms with Crippen molar-refractivity contribution in [3.05, 3.63) is 57.0 Å². The third-order valence-corrected chi connectivity index (χ3v) is 3.35. The molecule has 4 heteroatoms. The van der Waals surface area contributed by atoms with Crippen molar-refractivity contribution in [3.8, 4) is 11.5 Å². The molecule has 2 nitrogen and oxygen atoms in total. The summed E-state index contributed by atoms with van der Waals surface area (Å²) in [5.41, 5.74) is 1.85.